The van der Waals surface area contributed by atoms with Gasteiger partial charge in [-0.15, -0.1) is 0 Å². The summed E-state index contributed by atoms with van der Waals surface area (Å²) in [5, 5.41) is 8.57. The van der Waals surface area contributed by atoms with Crippen LogP contribution in [-0.4, -0.2) is 10.1 Å². The van der Waals surface area contributed by atoms with Crippen molar-refractivity contribution >= 4 is 22.6 Å². The van der Waals surface area contributed by atoms with Crippen molar-refractivity contribution in [3.8, 4) is 0 Å². The van der Waals surface area contributed by atoms with Gasteiger partial charge in [0.05, 0.1) is 6.61 Å². The lowest BCUT2D eigenvalue weighted by atomic mass is 10.3. The lowest BCUT2D eigenvalue weighted by molar-refractivity contribution is 0.143. The predicted octanol–water partition coefficient (Wildman–Crippen LogP) is 2.26. The highest BCUT2D eigenvalue weighted by Gasteiger charge is 2.16. The van der Waals surface area contributed by atoms with E-state index in [2.05, 4.69) is 4.98 Å². The summed E-state index contributed by atoms with van der Waals surface area (Å²) in [5.41, 5.74) is -0.846. The minimum Gasteiger partial charge on any atom is -0.390 e. The van der Waals surface area contributed by atoms with Gasteiger partial charge >= 0.3 is 0 Å². The number of aliphatic hydroxyl groups excluding tert-OH is 1. The molecule has 72 valence electrons. The summed E-state index contributed by atoms with van der Waals surface area (Å²) in [7, 11) is 0. The minimum absolute atomic E-state index is 0.0577. The van der Waals surface area contributed by atoms with Crippen molar-refractivity contribution in [3.63, 3.8) is 0 Å². The molecule has 0 bridgehead atoms. The summed E-state index contributed by atoms with van der Waals surface area (Å²) in [6, 6.07) is 0.931. The van der Waals surface area contributed by atoms with E-state index in [9.17, 15) is 13.2 Å². The molecular formula is C7H5F3INO. The molecular weight excluding hydrogens is 298 g/mol. The van der Waals surface area contributed by atoms with Crippen LogP contribution in [0, 0.1) is 9.39 Å². The topological polar surface area (TPSA) is 33.1 Å². The average molecular weight is 303 g/mol. The first-order chi connectivity index (χ1) is 6.06. The molecule has 0 radical (unpaired) electrons. The maximum Gasteiger partial charge on any atom is 0.281 e. The third-order valence-corrected chi connectivity index (χ3v) is 2.25. The van der Waals surface area contributed by atoms with Crippen molar-refractivity contribution in [3.05, 3.63) is 26.8 Å². The Morgan fingerprint density at radius 1 is 1.54 bits per heavy atom. The second-order valence-corrected chi connectivity index (χ2v) is 3.40. The van der Waals surface area contributed by atoms with E-state index in [1.807, 2.05) is 0 Å². The molecule has 0 atom stereocenters. The van der Waals surface area contributed by atoms with Crippen molar-refractivity contribution in [1.29, 1.82) is 0 Å². The molecule has 1 N–H and O–H groups in total. The van der Waals surface area contributed by atoms with Crippen LogP contribution in [0.2, 0.25) is 0 Å². The molecule has 0 aliphatic heterocycles. The van der Waals surface area contributed by atoms with E-state index < -0.39 is 24.5 Å². The third kappa shape index (κ3) is 2.31. The third-order valence-electron chi connectivity index (χ3n) is 1.39. The van der Waals surface area contributed by atoms with Crippen LogP contribution in [-0.2, 0) is 6.61 Å². The molecule has 0 aliphatic rings. The SMILES string of the molecule is OCc1nc(C(F)F)c(I)cc1F. The maximum absolute atomic E-state index is 12.8. The van der Waals surface area contributed by atoms with Crippen LogP contribution in [0.5, 0.6) is 0 Å². The smallest absolute Gasteiger partial charge is 0.281 e. The monoisotopic (exact) mass is 303 g/mol. The first kappa shape index (κ1) is 10.7. The molecule has 1 rings (SSSR count). The Balaban J connectivity index is 3.22. The number of nitrogens with zero attached hydrogens (tertiary/aromatic N) is 1. The number of alkyl halides is 2. The zero-order valence-corrected chi connectivity index (χ0v) is 8.43. The fraction of sp³-hybridized carbons (Fsp3) is 0.286. The van der Waals surface area contributed by atoms with Gasteiger partial charge in [0.25, 0.3) is 6.43 Å². The summed E-state index contributed by atoms with van der Waals surface area (Å²) >= 11 is 1.57. The first-order valence-electron chi connectivity index (χ1n) is 3.30. The molecule has 1 heterocycles. The van der Waals surface area contributed by atoms with Gasteiger partial charge in [-0.3, -0.25) is 0 Å². The molecule has 0 saturated heterocycles. The molecule has 13 heavy (non-hydrogen) atoms. The molecule has 0 aromatic carbocycles. The molecule has 0 amide bonds. The number of aliphatic hydroxyl groups is 1. The van der Waals surface area contributed by atoms with Crippen LogP contribution in [0.3, 0.4) is 0 Å². The van der Waals surface area contributed by atoms with Gasteiger partial charge in [0.15, 0.2) is 0 Å². The first-order valence-corrected chi connectivity index (χ1v) is 4.38. The molecule has 0 unspecified atom stereocenters. The van der Waals surface area contributed by atoms with E-state index in [0.717, 1.165) is 6.07 Å². The number of rotatable bonds is 2. The van der Waals surface area contributed by atoms with Crippen molar-refractivity contribution < 1.29 is 18.3 Å². The Morgan fingerprint density at radius 3 is 2.62 bits per heavy atom. The Hall–Kier alpha value is -0.370. The van der Waals surface area contributed by atoms with Gasteiger partial charge in [0.1, 0.15) is 17.2 Å². The number of hydrogen-bond acceptors (Lipinski definition) is 2. The standard InChI is InChI=1S/C7H5F3INO/c8-3-1-4(11)6(7(9)10)12-5(3)2-13/h1,7,13H,2H2. The summed E-state index contributed by atoms with van der Waals surface area (Å²) in [6.07, 6.45) is -2.75. The van der Waals surface area contributed by atoms with E-state index >= 15 is 0 Å². The van der Waals surface area contributed by atoms with Gasteiger partial charge in [0.2, 0.25) is 0 Å². The van der Waals surface area contributed by atoms with Crippen LogP contribution in [0.15, 0.2) is 6.07 Å². The predicted molar refractivity (Wildman–Crippen MR) is 47.8 cm³/mol. The van der Waals surface area contributed by atoms with Crippen LogP contribution in [0.25, 0.3) is 0 Å². The van der Waals surface area contributed by atoms with Gasteiger partial charge in [-0.05, 0) is 28.7 Å². The quantitative estimate of drug-likeness (QED) is 0.850. The minimum atomic E-state index is -2.75. The van der Waals surface area contributed by atoms with E-state index in [-0.39, 0.29) is 9.26 Å². The largest absolute Gasteiger partial charge is 0.390 e. The maximum atomic E-state index is 12.8. The average Bonchev–Trinajstić information content (AvgIpc) is 2.03. The number of pyridine rings is 1. The van der Waals surface area contributed by atoms with Gasteiger partial charge < -0.3 is 5.11 Å². The van der Waals surface area contributed by atoms with Gasteiger partial charge in [0, 0.05) is 3.57 Å². The number of hydrogen-bond donors (Lipinski definition) is 1. The van der Waals surface area contributed by atoms with Crippen molar-refractivity contribution in [1.82, 2.24) is 4.98 Å². The fourth-order valence-electron chi connectivity index (χ4n) is 0.785. The fourth-order valence-corrected chi connectivity index (χ4v) is 1.41. The second-order valence-electron chi connectivity index (χ2n) is 2.24. The summed E-state index contributed by atoms with van der Waals surface area (Å²) in [4.78, 5) is 3.31. The van der Waals surface area contributed by atoms with Crippen molar-refractivity contribution in [2.24, 2.45) is 0 Å². The van der Waals surface area contributed by atoms with E-state index in [1.54, 1.807) is 22.6 Å². The number of halogens is 4. The van der Waals surface area contributed by atoms with Crippen LogP contribution < -0.4 is 0 Å². The van der Waals surface area contributed by atoms with Crippen LogP contribution >= 0.6 is 22.6 Å². The number of aromatic nitrogens is 1. The zero-order valence-electron chi connectivity index (χ0n) is 6.27. The highest BCUT2D eigenvalue weighted by Crippen LogP contribution is 2.24. The Labute approximate surface area is 85.9 Å². The zero-order chi connectivity index (χ0) is 10.0. The highest BCUT2D eigenvalue weighted by molar-refractivity contribution is 14.1. The van der Waals surface area contributed by atoms with Crippen molar-refractivity contribution in [2.75, 3.05) is 0 Å². The normalized spacial score (nSPS) is 10.9. The second kappa shape index (κ2) is 4.23. The molecule has 1 aromatic heterocycles. The van der Waals surface area contributed by atoms with Crippen molar-refractivity contribution in [2.45, 2.75) is 13.0 Å². The van der Waals surface area contributed by atoms with E-state index in [4.69, 9.17) is 5.11 Å². The van der Waals surface area contributed by atoms with Crippen LogP contribution in [0.4, 0.5) is 13.2 Å². The molecule has 0 aliphatic carbocycles. The van der Waals surface area contributed by atoms with Crippen LogP contribution in [0.1, 0.15) is 17.8 Å². The molecule has 1 aromatic rings. The highest BCUT2D eigenvalue weighted by atomic mass is 127. The Bertz CT molecular complexity index is 319. The summed E-state index contributed by atoms with van der Waals surface area (Å²) < 4.78 is 37.3. The van der Waals surface area contributed by atoms with Gasteiger partial charge in [-0.2, -0.15) is 0 Å². The summed E-state index contributed by atoms with van der Waals surface area (Å²) in [5.74, 6) is -0.767. The molecule has 0 fully saturated rings. The molecule has 2 nitrogen and oxygen atoms in total. The molecule has 0 saturated carbocycles. The Kier molecular flexibility index (Phi) is 3.48. The van der Waals surface area contributed by atoms with E-state index in [1.165, 1.54) is 0 Å². The van der Waals surface area contributed by atoms with E-state index in [0.29, 0.717) is 0 Å². The molecule has 6 heteroatoms. The lowest BCUT2D eigenvalue weighted by Crippen LogP contribution is -2.02. The summed E-state index contributed by atoms with van der Waals surface area (Å²) in [6.45, 7) is -0.678. The lowest BCUT2D eigenvalue weighted by Gasteiger charge is -2.05. The van der Waals surface area contributed by atoms with Gasteiger partial charge in [-0.1, -0.05) is 0 Å². The van der Waals surface area contributed by atoms with Gasteiger partial charge in [-0.25, -0.2) is 18.2 Å². The molecule has 0 spiro atoms. The Morgan fingerprint density at radius 2 is 2.15 bits per heavy atom.